The first kappa shape index (κ1) is 21.5. The molecule has 1 fully saturated rings. The maximum atomic E-state index is 13.8. The maximum absolute atomic E-state index is 13.8. The number of carbonyl (C=O) groups is 1. The zero-order valence-electron chi connectivity index (χ0n) is 17.1. The molecule has 0 spiro atoms. The Morgan fingerprint density at radius 1 is 1.21 bits per heavy atom. The fourth-order valence-corrected chi connectivity index (χ4v) is 3.42. The molecule has 0 saturated carbocycles. The van der Waals surface area contributed by atoms with E-state index in [4.69, 9.17) is 16.6 Å². The van der Waals surface area contributed by atoms with Crippen molar-refractivity contribution in [1.82, 2.24) is 14.9 Å². The molecule has 0 unspecified atom stereocenters. The lowest BCUT2D eigenvalue weighted by atomic mass is 10.2. The molecule has 1 aliphatic heterocycles. The van der Waals surface area contributed by atoms with Crippen LogP contribution in [0.15, 0.2) is 24.3 Å². The van der Waals surface area contributed by atoms with Gasteiger partial charge in [-0.25, -0.2) is 14.4 Å². The lowest BCUT2D eigenvalue weighted by Gasteiger charge is -2.35. The van der Waals surface area contributed by atoms with E-state index in [2.05, 4.69) is 33.9 Å². The fourth-order valence-electron chi connectivity index (χ4n) is 3.26. The highest BCUT2D eigenvalue weighted by molar-refractivity contribution is 6.30. The molecule has 1 amide bonds. The van der Waals surface area contributed by atoms with E-state index in [1.807, 2.05) is 13.0 Å². The number of hydrogen-bond acceptors (Lipinski definition) is 5. The van der Waals surface area contributed by atoms with Gasteiger partial charge in [0.15, 0.2) is 0 Å². The second-order valence-electron chi connectivity index (χ2n) is 7.63. The van der Waals surface area contributed by atoms with Crippen LogP contribution in [-0.2, 0) is 4.79 Å². The molecule has 1 N–H and O–H groups in total. The van der Waals surface area contributed by atoms with Crippen LogP contribution in [0.25, 0.3) is 0 Å². The average Bonchev–Trinajstić information content (AvgIpc) is 2.68. The van der Waals surface area contributed by atoms with E-state index in [-0.39, 0.29) is 11.6 Å². The zero-order chi connectivity index (χ0) is 21.0. The minimum atomic E-state index is -0.527. The number of piperazine rings is 1. The predicted molar refractivity (Wildman–Crippen MR) is 114 cm³/mol. The Hall–Kier alpha value is -2.25. The molecular formula is C21H27ClFN5O. The Balaban J connectivity index is 1.48. The van der Waals surface area contributed by atoms with Gasteiger partial charge in [0.1, 0.15) is 17.5 Å². The van der Waals surface area contributed by atoms with Crippen LogP contribution >= 0.6 is 11.6 Å². The smallest absolute Gasteiger partial charge is 0.225 e. The quantitative estimate of drug-likeness (QED) is 0.770. The van der Waals surface area contributed by atoms with E-state index in [1.165, 1.54) is 12.1 Å². The molecule has 6 nitrogen and oxygen atoms in total. The molecule has 0 radical (unpaired) electrons. The van der Waals surface area contributed by atoms with Crippen LogP contribution in [0.3, 0.4) is 0 Å². The molecule has 0 atom stereocenters. The number of halogens is 2. The van der Waals surface area contributed by atoms with E-state index in [0.717, 1.165) is 43.5 Å². The Labute approximate surface area is 176 Å². The van der Waals surface area contributed by atoms with Gasteiger partial charge in [-0.1, -0.05) is 25.4 Å². The average molecular weight is 420 g/mol. The molecule has 1 aromatic heterocycles. The van der Waals surface area contributed by atoms with Crippen molar-refractivity contribution in [3.05, 3.63) is 46.6 Å². The summed E-state index contributed by atoms with van der Waals surface area (Å²) in [7, 11) is 0. The topological polar surface area (TPSA) is 61.4 Å². The van der Waals surface area contributed by atoms with Crippen molar-refractivity contribution in [2.45, 2.75) is 33.1 Å². The van der Waals surface area contributed by atoms with Crippen LogP contribution in [0.4, 0.5) is 15.9 Å². The highest BCUT2D eigenvalue weighted by Crippen LogP contribution is 2.20. The van der Waals surface area contributed by atoms with Gasteiger partial charge in [-0.2, -0.15) is 0 Å². The second-order valence-corrected chi connectivity index (χ2v) is 8.07. The van der Waals surface area contributed by atoms with Gasteiger partial charge in [-0.15, -0.1) is 0 Å². The third-order valence-electron chi connectivity index (χ3n) is 4.93. The number of carbonyl (C=O) groups excluding carboxylic acids is 1. The van der Waals surface area contributed by atoms with Crippen LogP contribution < -0.4 is 10.2 Å². The third kappa shape index (κ3) is 5.87. The number of aryl methyl sites for hydroxylation is 1. The summed E-state index contributed by atoms with van der Waals surface area (Å²) in [5.74, 6) is 1.39. The number of anilines is 2. The van der Waals surface area contributed by atoms with Gasteiger partial charge >= 0.3 is 0 Å². The molecule has 1 saturated heterocycles. The largest absolute Gasteiger partial charge is 0.354 e. The molecular weight excluding hydrogens is 393 g/mol. The molecule has 2 heterocycles. The molecule has 29 heavy (non-hydrogen) atoms. The number of hydrogen-bond donors (Lipinski definition) is 1. The number of rotatable bonds is 6. The van der Waals surface area contributed by atoms with Crippen molar-refractivity contribution in [2.24, 2.45) is 0 Å². The number of nitrogens with zero attached hydrogens (tertiary/aromatic N) is 4. The van der Waals surface area contributed by atoms with E-state index in [0.29, 0.717) is 23.9 Å². The molecule has 1 aromatic carbocycles. The summed E-state index contributed by atoms with van der Waals surface area (Å²) in [6.45, 7) is 10.2. The van der Waals surface area contributed by atoms with Gasteiger partial charge in [-0.3, -0.25) is 9.69 Å². The van der Waals surface area contributed by atoms with Gasteiger partial charge in [-0.05, 0) is 25.1 Å². The van der Waals surface area contributed by atoms with E-state index >= 15 is 0 Å². The summed E-state index contributed by atoms with van der Waals surface area (Å²) in [5.41, 5.74) is 1.14. The summed E-state index contributed by atoms with van der Waals surface area (Å²) in [5, 5.41) is 2.91. The van der Waals surface area contributed by atoms with Crippen LogP contribution in [0.5, 0.6) is 0 Å². The molecule has 8 heteroatoms. The Morgan fingerprint density at radius 3 is 2.59 bits per heavy atom. The maximum Gasteiger partial charge on any atom is 0.225 e. The first-order valence-electron chi connectivity index (χ1n) is 9.89. The van der Waals surface area contributed by atoms with E-state index in [1.54, 1.807) is 6.07 Å². The van der Waals surface area contributed by atoms with Crippen molar-refractivity contribution in [1.29, 1.82) is 0 Å². The first-order valence-corrected chi connectivity index (χ1v) is 10.3. The molecule has 0 bridgehead atoms. The number of nitrogens with one attached hydrogen (secondary N) is 1. The van der Waals surface area contributed by atoms with Crippen LogP contribution in [0.1, 0.15) is 37.7 Å². The first-order chi connectivity index (χ1) is 13.8. The van der Waals surface area contributed by atoms with Crippen molar-refractivity contribution < 1.29 is 9.18 Å². The summed E-state index contributed by atoms with van der Waals surface area (Å²) >= 11 is 5.73. The number of amides is 1. The monoisotopic (exact) mass is 419 g/mol. The van der Waals surface area contributed by atoms with E-state index in [9.17, 15) is 9.18 Å². The Kier molecular flexibility index (Phi) is 7.03. The highest BCUT2D eigenvalue weighted by Gasteiger charge is 2.20. The van der Waals surface area contributed by atoms with Crippen molar-refractivity contribution in [3.8, 4) is 0 Å². The summed E-state index contributed by atoms with van der Waals surface area (Å²) in [6.07, 6.45) is 0.312. The normalized spacial score (nSPS) is 15.0. The SMILES string of the molecule is Cc1cc(N2CCN(CCC(=O)Nc3ccc(Cl)cc3F)CC2)nc(C(C)C)n1. The summed E-state index contributed by atoms with van der Waals surface area (Å²) in [4.78, 5) is 25.9. The fraction of sp³-hybridized carbons (Fsp3) is 0.476. The van der Waals surface area contributed by atoms with Crippen LogP contribution in [-0.4, -0.2) is 53.5 Å². The summed E-state index contributed by atoms with van der Waals surface area (Å²) in [6, 6.07) is 6.24. The van der Waals surface area contributed by atoms with Gasteiger partial charge in [0.25, 0.3) is 0 Å². The van der Waals surface area contributed by atoms with Crippen molar-refractivity contribution in [2.75, 3.05) is 42.9 Å². The van der Waals surface area contributed by atoms with Gasteiger partial charge < -0.3 is 10.2 Å². The number of aromatic nitrogens is 2. The minimum Gasteiger partial charge on any atom is -0.354 e. The predicted octanol–water partition coefficient (Wildman–Crippen LogP) is 3.85. The molecule has 3 rings (SSSR count). The lowest BCUT2D eigenvalue weighted by molar-refractivity contribution is -0.116. The second kappa shape index (κ2) is 9.50. The number of benzene rings is 1. The Bertz CT molecular complexity index is 868. The highest BCUT2D eigenvalue weighted by atomic mass is 35.5. The van der Waals surface area contributed by atoms with Gasteiger partial charge in [0.2, 0.25) is 5.91 Å². The molecule has 156 valence electrons. The molecule has 0 aliphatic carbocycles. The third-order valence-corrected chi connectivity index (χ3v) is 5.17. The van der Waals surface area contributed by atoms with Crippen LogP contribution in [0, 0.1) is 12.7 Å². The standard InChI is InChI=1S/C21H27ClFN5O/c1-14(2)21-24-15(3)12-19(26-21)28-10-8-27(9-11-28)7-6-20(29)25-18-5-4-16(22)13-17(18)23/h4-5,12-14H,6-11H2,1-3H3,(H,25,29). The van der Waals surface area contributed by atoms with Crippen molar-refractivity contribution >= 4 is 29.0 Å². The van der Waals surface area contributed by atoms with Gasteiger partial charge in [0.05, 0.1) is 5.69 Å². The zero-order valence-corrected chi connectivity index (χ0v) is 17.8. The minimum absolute atomic E-state index is 0.157. The molecule has 1 aliphatic rings. The van der Waals surface area contributed by atoms with Gasteiger partial charge in [0, 0.05) is 61.8 Å². The summed E-state index contributed by atoms with van der Waals surface area (Å²) < 4.78 is 13.8. The molecule has 2 aromatic rings. The Morgan fingerprint density at radius 2 is 1.93 bits per heavy atom. The van der Waals surface area contributed by atoms with E-state index < -0.39 is 5.82 Å². The van der Waals surface area contributed by atoms with Crippen LogP contribution in [0.2, 0.25) is 5.02 Å². The van der Waals surface area contributed by atoms with Crippen molar-refractivity contribution in [3.63, 3.8) is 0 Å². The lowest BCUT2D eigenvalue weighted by Crippen LogP contribution is -2.47.